The molecule has 0 spiro atoms. The van der Waals surface area contributed by atoms with E-state index in [2.05, 4.69) is 22.2 Å². The van der Waals surface area contributed by atoms with Crippen molar-refractivity contribution in [3.8, 4) is 0 Å². The maximum atomic E-state index is 5.16. The van der Waals surface area contributed by atoms with Gasteiger partial charge in [-0.25, -0.2) is 4.98 Å². The van der Waals surface area contributed by atoms with Crippen LogP contribution in [-0.2, 0) is 0 Å². The summed E-state index contributed by atoms with van der Waals surface area (Å²) in [4.78, 5) is 9.14. The lowest BCUT2D eigenvalue weighted by atomic mass is 10.1. The fourth-order valence-electron chi connectivity index (χ4n) is 2.15. The molecule has 0 aliphatic heterocycles. The molecule has 1 N–H and O–H groups in total. The van der Waals surface area contributed by atoms with E-state index in [0.717, 1.165) is 28.8 Å². The highest BCUT2D eigenvalue weighted by atomic mass is 16.3. The van der Waals surface area contributed by atoms with Crippen LogP contribution in [0.15, 0.2) is 53.5 Å². The molecule has 1 atom stereocenters. The maximum Gasteiger partial charge on any atom is 0.0954 e. The predicted octanol–water partition coefficient (Wildman–Crippen LogP) is 2.92. The predicted molar refractivity (Wildman–Crippen MR) is 73.8 cm³/mol. The molecule has 2 aromatic heterocycles. The van der Waals surface area contributed by atoms with Crippen LogP contribution in [0.1, 0.15) is 24.2 Å². The van der Waals surface area contributed by atoms with E-state index in [-0.39, 0.29) is 6.04 Å². The molecule has 0 radical (unpaired) electrons. The monoisotopic (exact) mass is 253 g/mol. The van der Waals surface area contributed by atoms with Crippen molar-refractivity contribution in [3.63, 3.8) is 0 Å². The fraction of sp³-hybridized carbons (Fsp3) is 0.200. The zero-order valence-corrected chi connectivity index (χ0v) is 10.7. The van der Waals surface area contributed by atoms with Crippen molar-refractivity contribution in [2.24, 2.45) is 0 Å². The normalized spacial score (nSPS) is 12.7. The Balaban J connectivity index is 2.05. The summed E-state index contributed by atoms with van der Waals surface area (Å²) in [7, 11) is 0. The molecule has 3 aromatic rings. The van der Waals surface area contributed by atoms with E-state index in [1.165, 1.54) is 0 Å². The second-order valence-electron chi connectivity index (χ2n) is 4.33. The van der Waals surface area contributed by atoms with Crippen molar-refractivity contribution >= 4 is 11.0 Å². The topological polar surface area (TPSA) is 51.0 Å². The molecule has 1 aromatic carbocycles. The van der Waals surface area contributed by atoms with Gasteiger partial charge in [0.2, 0.25) is 0 Å². The molecule has 0 fully saturated rings. The van der Waals surface area contributed by atoms with Gasteiger partial charge in [-0.15, -0.1) is 0 Å². The molecule has 0 saturated heterocycles. The van der Waals surface area contributed by atoms with Crippen LogP contribution >= 0.6 is 0 Å². The minimum Gasteiger partial charge on any atom is -0.472 e. The average molecular weight is 253 g/mol. The van der Waals surface area contributed by atoms with Gasteiger partial charge in [0.1, 0.15) is 0 Å². The van der Waals surface area contributed by atoms with Crippen molar-refractivity contribution in [3.05, 3.63) is 60.3 Å². The van der Waals surface area contributed by atoms with E-state index in [1.54, 1.807) is 12.5 Å². The van der Waals surface area contributed by atoms with E-state index in [1.807, 2.05) is 36.5 Å². The zero-order chi connectivity index (χ0) is 13.1. The number of fused-ring (bicyclic) bond motifs is 1. The highest BCUT2D eigenvalue weighted by molar-refractivity contribution is 5.73. The molecule has 3 rings (SSSR count). The summed E-state index contributed by atoms with van der Waals surface area (Å²) in [5.74, 6) is 0. The minimum atomic E-state index is 0.0147. The summed E-state index contributed by atoms with van der Waals surface area (Å²) in [6.45, 7) is 2.92. The standard InChI is InChI=1S/C15H15N3O/c1-2-16-15(11-7-8-19-10-11)14-9-17-12-5-3-4-6-13(12)18-14/h3-10,15-16H,2H2,1H3. The van der Waals surface area contributed by atoms with Gasteiger partial charge in [-0.3, -0.25) is 4.98 Å². The Morgan fingerprint density at radius 1 is 1.21 bits per heavy atom. The Labute approximate surface area is 111 Å². The van der Waals surface area contributed by atoms with Gasteiger partial charge in [-0.1, -0.05) is 19.1 Å². The highest BCUT2D eigenvalue weighted by Gasteiger charge is 2.16. The minimum absolute atomic E-state index is 0.0147. The van der Waals surface area contributed by atoms with Gasteiger partial charge in [0.05, 0.1) is 41.5 Å². The van der Waals surface area contributed by atoms with Crippen LogP contribution in [0.4, 0.5) is 0 Å². The lowest BCUT2D eigenvalue weighted by molar-refractivity contribution is 0.550. The summed E-state index contributed by atoms with van der Waals surface area (Å²) >= 11 is 0. The molecular weight excluding hydrogens is 238 g/mol. The quantitative estimate of drug-likeness (QED) is 0.776. The van der Waals surface area contributed by atoms with Gasteiger partial charge < -0.3 is 9.73 Å². The van der Waals surface area contributed by atoms with Crippen molar-refractivity contribution in [1.82, 2.24) is 15.3 Å². The Bertz CT molecular complexity index is 664. The first-order chi connectivity index (χ1) is 9.38. The van der Waals surface area contributed by atoms with Crippen LogP contribution < -0.4 is 5.32 Å². The lowest BCUT2D eigenvalue weighted by Crippen LogP contribution is -2.22. The van der Waals surface area contributed by atoms with Gasteiger partial charge >= 0.3 is 0 Å². The molecule has 0 aliphatic carbocycles. The van der Waals surface area contributed by atoms with E-state index < -0.39 is 0 Å². The summed E-state index contributed by atoms with van der Waals surface area (Å²) in [6.07, 6.45) is 5.24. The van der Waals surface area contributed by atoms with Crippen LogP contribution in [0.25, 0.3) is 11.0 Å². The second kappa shape index (κ2) is 5.20. The fourth-order valence-corrected chi connectivity index (χ4v) is 2.15. The number of nitrogens with zero attached hydrogens (tertiary/aromatic N) is 2. The maximum absolute atomic E-state index is 5.16. The van der Waals surface area contributed by atoms with Crippen molar-refractivity contribution in [1.29, 1.82) is 0 Å². The average Bonchev–Trinajstić information content (AvgIpc) is 2.98. The number of aromatic nitrogens is 2. The number of para-hydroxylation sites is 2. The zero-order valence-electron chi connectivity index (χ0n) is 10.7. The van der Waals surface area contributed by atoms with Crippen molar-refractivity contribution in [2.75, 3.05) is 6.54 Å². The van der Waals surface area contributed by atoms with Crippen molar-refractivity contribution in [2.45, 2.75) is 13.0 Å². The Morgan fingerprint density at radius 2 is 2.05 bits per heavy atom. The van der Waals surface area contributed by atoms with Gasteiger partial charge in [0, 0.05) is 5.56 Å². The van der Waals surface area contributed by atoms with Gasteiger partial charge in [0.25, 0.3) is 0 Å². The Hall–Kier alpha value is -2.20. The molecule has 19 heavy (non-hydrogen) atoms. The molecule has 96 valence electrons. The summed E-state index contributed by atoms with van der Waals surface area (Å²) in [6, 6.07) is 9.84. The van der Waals surface area contributed by atoms with Crippen LogP contribution in [0, 0.1) is 0 Å². The number of rotatable bonds is 4. The molecular formula is C15H15N3O. The van der Waals surface area contributed by atoms with E-state index in [9.17, 15) is 0 Å². The lowest BCUT2D eigenvalue weighted by Gasteiger charge is -2.15. The van der Waals surface area contributed by atoms with E-state index >= 15 is 0 Å². The molecule has 4 nitrogen and oxygen atoms in total. The van der Waals surface area contributed by atoms with Crippen LogP contribution in [0.5, 0.6) is 0 Å². The van der Waals surface area contributed by atoms with E-state index in [4.69, 9.17) is 4.42 Å². The van der Waals surface area contributed by atoms with Gasteiger partial charge in [0.15, 0.2) is 0 Å². The third-order valence-electron chi connectivity index (χ3n) is 3.05. The smallest absolute Gasteiger partial charge is 0.0954 e. The Morgan fingerprint density at radius 3 is 2.79 bits per heavy atom. The first kappa shape index (κ1) is 11.9. The highest BCUT2D eigenvalue weighted by Crippen LogP contribution is 2.21. The van der Waals surface area contributed by atoms with Crippen LogP contribution in [-0.4, -0.2) is 16.5 Å². The second-order valence-corrected chi connectivity index (χ2v) is 4.33. The molecule has 0 saturated carbocycles. The number of benzene rings is 1. The first-order valence-corrected chi connectivity index (χ1v) is 6.35. The first-order valence-electron chi connectivity index (χ1n) is 6.35. The Kier molecular flexibility index (Phi) is 3.25. The molecule has 4 heteroatoms. The summed E-state index contributed by atoms with van der Waals surface area (Å²) in [5, 5.41) is 3.40. The number of hydrogen-bond acceptors (Lipinski definition) is 4. The molecule has 1 unspecified atom stereocenters. The van der Waals surface area contributed by atoms with Crippen LogP contribution in [0.3, 0.4) is 0 Å². The summed E-state index contributed by atoms with van der Waals surface area (Å²) in [5.41, 5.74) is 3.79. The molecule has 2 heterocycles. The molecule has 0 aliphatic rings. The molecule has 0 bridgehead atoms. The third kappa shape index (κ3) is 2.35. The number of furan rings is 1. The van der Waals surface area contributed by atoms with Gasteiger partial charge in [-0.05, 0) is 24.7 Å². The number of nitrogens with one attached hydrogen (secondary N) is 1. The van der Waals surface area contributed by atoms with Gasteiger partial charge in [-0.2, -0.15) is 0 Å². The SMILES string of the molecule is CCNC(c1ccoc1)c1cnc2ccccc2n1. The van der Waals surface area contributed by atoms with E-state index in [0.29, 0.717) is 0 Å². The van der Waals surface area contributed by atoms with Crippen molar-refractivity contribution < 1.29 is 4.42 Å². The largest absolute Gasteiger partial charge is 0.472 e. The molecule has 0 amide bonds. The number of hydrogen-bond donors (Lipinski definition) is 1. The van der Waals surface area contributed by atoms with Crippen LogP contribution in [0.2, 0.25) is 0 Å². The summed E-state index contributed by atoms with van der Waals surface area (Å²) < 4.78 is 5.16. The third-order valence-corrected chi connectivity index (χ3v) is 3.05.